The van der Waals surface area contributed by atoms with Crippen molar-refractivity contribution >= 4 is 0 Å². The Morgan fingerprint density at radius 3 is 2.33 bits per heavy atom. The minimum absolute atomic E-state index is 0.453. The van der Waals surface area contributed by atoms with Crippen LogP contribution in [0.4, 0.5) is 0 Å². The van der Waals surface area contributed by atoms with Gasteiger partial charge in [-0.1, -0.05) is 13.8 Å². The van der Waals surface area contributed by atoms with E-state index in [0.717, 1.165) is 6.42 Å². The summed E-state index contributed by atoms with van der Waals surface area (Å²) >= 11 is 0. The van der Waals surface area contributed by atoms with Crippen molar-refractivity contribution in [3.05, 3.63) is 0 Å². The number of aliphatic hydroxyl groups is 1. The van der Waals surface area contributed by atoms with Crippen LogP contribution >= 0.6 is 0 Å². The van der Waals surface area contributed by atoms with Crippen LogP contribution in [0.25, 0.3) is 0 Å². The van der Waals surface area contributed by atoms with Crippen molar-refractivity contribution in [3.8, 4) is 0 Å². The molecule has 1 unspecified atom stereocenters. The first-order valence-electron chi connectivity index (χ1n) is 4.48. The standard InChI is InChI=1S/C9H20O3/c1-5-11-9(4,10)12-7-6-8(2)3/h8,10H,5-7H2,1-4H3. The molecular formula is C9H20O3. The smallest absolute Gasteiger partial charge is 0.277 e. The van der Waals surface area contributed by atoms with Crippen LogP contribution in [0.15, 0.2) is 0 Å². The van der Waals surface area contributed by atoms with Crippen LogP contribution in [0.2, 0.25) is 0 Å². The summed E-state index contributed by atoms with van der Waals surface area (Å²) in [5.41, 5.74) is 0. The topological polar surface area (TPSA) is 38.7 Å². The molecule has 0 aliphatic carbocycles. The van der Waals surface area contributed by atoms with E-state index in [1.807, 2.05) is 6.92 Å². The van der Waals surface area contributed by atoms with Crippen LogP contribution in [0.5, 0.6) is 0 Å². The first-order valence-corrected chi connectivity index (χ1v) is 4.48. The van der Waals surface area contributed by atoms with Gasteiger partial charge in [0.1, 0.15) is 0 Å². The molecule has 74 valence electrons. The van der Waals surface area contributed by atoms with E-state index < -0.39 is 5.97 Å². The second-order valence-corrected chi connectivity index (χ2v) is 3.36. The highest BCUT2D eigenvalue weighted by molar-refractivity contribution is 4.46. The molecule has 1 N–H and O–H groups in total. The Morgan fingerprint density at radius 1 is 1.33 bits per heavy atom. The lowest BCUT2D eigenvalue weighted by Crippen LogP contribution is -2.32. The van der Waals surface area contributed by atoms with Crippen LogP contribution in [-0.2, 0) is 9.47 Å². The molecule has 0 fully saturated rings. The summed E-state index contributed by atoms with van der Waals surface area (Å²) in [4.78, 5) is 0. The zero-order valence-electron chi connectivity index (χ0n) is 8.46. The molecule has 0 amide bonds. The van der Waals surface area contributed by atoms with Gasteiger partial charge in [-0.2, -0.15) is 0 Å². The first-order chi connectivity index (χ1) is 5.48. The van der Waals surface area contributed by atoms with Crippen molar-refractivity contribution in [2.24, 2.45) is 5.92 Å². The van der Waals surface area contributed by atoms with Crippen LogP contribution in [0.1, 0.15) is 34.1 Å². The lowest BCUT2D eigenvalue weighted by molar-refractivity contribution is -0.347. The summed E-state index contributed by atoms with van der Waals surface area (Å²) in [7, 11) is 0. The van der Waals surface area contributed by atoms with Crippen LogP contribution in [0, 0.1) is 5.92 Å². The molecule has 0 rings (SSSR count). The molecule has 0 aliphatic heterocycles. The minimum atomic E-state index is -1.41. The molecule has 0 heterocycles. The molecule has 3 heteroatoms. The Morgan fingerprint density at radius 2 is 1.92 bits per heavy atom. The van der Waals surface area contributed by atoms with Gasteiger partial charge < -0.3 is 14.6 Å². The largest absolute Gasteiger partial charge is 0.344 e. The normalized spacial score (nSPS) is 16.5. The Labute approximate surface area is 74.7 Å². The molecule has 3 nitrogen and oxygen atoms in total. The van der Waals surface area contributed by atoms with E-state index in [1.54, 1.807) is 0 Å². The third-order valence-electron chi connectivity index (χ3n) is 1.48. The summed E-state index contributed by atoms with van der Waals surface area (Å²) in [6.07, 6.45) is 0.934. The van der Waals surface area contributed by atoms with Crippen molar-refractivity contribution < 1.29 is 14.6 Å². The van der Waals surface area contributed by atoms with Gasteiger partial charge in [-0.25, -0.2) is 0 Å². The van der Waals surface area contributed by atoms with E-state index in [0.29, 0.717) is 19.1 Å². The van der Waals surface area contributed by atoms with Gasteiger partial charge in [0.05, 0.1) is 6.61 Å². The number of ether oxygens (including phenoxy) is 2. The fraction of sp³-hybridized carbons (Fsp3) is 1.00. The lowest BCUT2D eigenvalue weighted by Gasteiger charge is -2.23. The second kappa shape index (κ2) is 5.51. The molecule has 0 saturated heterocycles. The maximum Gasteiger partial charge on any atom is 0.277 e. The molecule has 0 bridgehead atoms. The van der Waals surface area contributed by atoms with E-state index in [9.17, 15) is 5.11 Å². The van der Waals surface area contributed by atoms with Gasteiger partial charge in [0.15, 0.2) is 0 Å². The van der Waals surface area contributed by atoms with Crippen molar-refractivity contribution in [2.75, 3.05) is 13.2 Å². The van der Waals surface area contributed by atoms with Crippen LogP contribution in [0.3, 0.4) is 0 Å². The number of rotatable bonds is 6. The molecule has 0 radical (unpaired) electrons. The van der Waals surface area contributed by atoms with E-state index in [-0.39, 0.29) is 0 Å². The second-order valence-electron chi connectivity index (χ2n) is 3.36. The summed E-state index contributed by atoms with van der Waals surface area (Å²) < 4.78 is 10.1. The van der Waals surface area contributed by atoms with E-state index in [4.69, 9.17) is 9.47 Å². The maximum absolute atomic E-state index is 9.38. The van der Waals surface area contributed by atoms with Gasteiger partial charge in [-0.3, -0.25) is 0 Å². The zero-order chi connectivity index (χ0) is 9.61. The summed E-state index contributed by atoms with van der Waals surface area (Å²) in [5.74, 6) is -0.827. The summed E-state index contributed by atoms with van der Waals surface area (Å²) in [6, 6.07) is 0. The molecule has 12 heavy (non-hydrogen) atoms. The molecule has 0 aromatic carbocycles. The highest BCUT2D eigenvalue weighted by atomic mass is 16.8. The van der Waals surface area contributed by atoms with Crippen LogP contribution in [-0.4, -0.2) is 24.3 Å². The van der Waals surface area contributed by atoms with Gasteiger partial charge in [0.2, 0.25) is 0 Å². The lowest BCUT2D eigenvalue weighted by atomic mass is 10.1. The molecule has 0 spiro atoms. The van der Waals surface area contributed by atoms with E-state index in [2.05, 4.69) is 13.8 Å². The average molecular weight is 176 g/mol. The maximum atomic E-state index is 9.38. The average Bonchev–Trinajstić information content (AvgIpc) is 1.85. The fourth-order valence-electron chi connectivity index (χ4n) is 0.793. The van der Waals surface area contributed by atoms with E-state index >= 15 is 0 Å². The van der Waals surface area contributed by atoms with Crippen molar-refractivity contribution in [1.82, 2.24) is 0 Å². The van der Waals surface area contributed by atoms with Gasteiger partial charge in [-0.15, -0.1) is 0 Å². The summed E-state index contributed by atoms with van der Waals surface area (Å²) in [6.45, 7) is 8.54. The van der Waals surface area contributed by atoms with Gasteiger partial charge in [-0.05, 0) is 19.3 Å². The Balaban J connectivity index is 3.46. The predicted molar refractivity (Wildman–Crippen MR) is 47.7 cm³/mol. The zero-order valence-corrected chi connectivity index (χ0v) is 8.46. The first kappa shape index (κ1) is 11.9. The van der Waals surface area contributed by atoms with Gasteiger partial charge >= 0.3 is 0 Å². The minimum Gasteiger partial charge on any atom is -0.344 e. The Hall–Kier alpha value is -0.120. The highest BCUT2D eigenvalue weighted by Crippen LogP contribution is 2.09. The Kier molecular flexibility index (Phi) is 5.46. The third kappa shape index (κ3) is 6.58. The number of hydrogen-bond donors (Lipinski definition) is 1. The van der Waals surface area contributed by atoms with Crippen molar-refractivity contribution in [1.29, 1.82) is 0 Å². The molecule has 1 atom stereocenters. The molecule has 0 aliphatic rings. The third-order valence-corrected chi connectivity index (χ3v) is 1.48. The Bertz CT molecular complexity index is 110. The highest BCUT2D eigenvalue weighted by Gasteiger charge is 2.20. The molecule has 0 aromatic rings. The van der Waals surface area contributed by atoms with Crippen molar-refractivity contribution in [3.63, 3.8) is 0 Å². The van der Waals surface area contributed by atoms with Gasteiger partial charge in [0.25, 0.3) is 5.97 Å². The van der Waals surface area contributed by atoms with Gasteiger partial charge in [0, 0.05) is 13.5 Å². The monoisotopic (exact) mass is 176 g/mol. The number of hydrogen-bond acceptors (Lipinski definition) is 3. The SMILES string of the molecule is CCOC(C)(O)OCCC(C)C. The predicted octanol–water partition coefficient (Wildman–Crippen LogP) is 1.75. The molecule has 0 saturated carbocycles. The van der Waals surface area contributed by atoms with Crippen molar-refractivity contribution in [2.45, 2.75) is 40.1 Å². The van der Waals surface area contributed by atoms with E-state index in [1.165, 1.54) is 6.92 Å². The quantitative estimate of drug-likeness (QED) is 0.627. The molecule has 0 aromatic heterocycles. The molecular weight excluding hydrogens is 156 g/mol. The fourth-order valence-corrected chi connectivity index (χ4v) is 0.793. The summed E-state index contributed by atoms with van der Waals surface area (Å²) in [5, 5.41) is 9.38. The van der Waals surface area contributed by atoms with Crippen LogP contribution < -0.4 is 0 Å².